The maximum absolute atomic E-state index is 12.4. The van der Waals surface area contributed by atoms with Gasteiger partial charge in [0.25, 0.3) is 0 Å². The lowest BCUT2D eigenvalue weighted by Gasteiger charge is -2.25. The molecule has 0 aromatic heterocycles. The Morgan fingerprint density at radius 1 is 0.947 bits per heavy atom. The van der Waals surface area contributed by atoms with Crippen LogP contribution in [0, 0.1) is 0 Å². The molecular formula is C12H14F3NO2S. The van der Waals surface area contributed by atoms with Gasteiger partial charge in [0.15, 0.2) is 0 Å². The maximum atomic E-state index is 12.4. The van der Waals surface area contributed by atoms with Gasteiger partial charge < -0.3 is 0 Å². The molecule has 0 aliphatic carbocycles. The molecule has 106 valence electrons. The summed E-state index contributed by atoms with van der Waals surface area (Å²) in [5.74, 6) is 0. The Morgan fingerprint density at radius 3 is 1.95 bits per heavy atom. The number of nitrogens with zero attached hydrogens (tertiary/aromatic N) is 1. The molecule has 1 aliphatic heterocycles. The van der Waals surface area contributed by atoms with Crippen molar-refractivity contribution in [3.8, 4) is 0 Å². The van der Waals surface area contributed by atoms with Gasteiger partial charge in [0.05, 0.1) is 10.5 Å². The van der Waals surface area contributed by atoms with Crippen LogP contribution in [-0.4, -0.2) is 25.8 Å². The van der Waals surface area contributed by atoms with Crippen LogP contribution in [0.3, 0.4) is 0 Å². The molecule has 0 saturated carbocycles. The van der Waals surface area contributed by atoms with Gasteiger partial charge in [-0.2, -0.15) is 17.5 Å². The van der Waals surface area contributed by atoms with Crippen LogP contribution in [0.15, 0.2) is 29.2 Å². The van der Waals surface area contributed by atoms with Crippen molar-refractivity contribution in [2.24, 2.45) is 0 Å². The molecule has 1 fully saturated rings. The van der Waals surface area contributed by atoms with Crippen molar-refractivity contribution in [2.75, 3.05) is 13.1 Å². The van der Waals surface area contributed by atoms with Crippen LogP contribution < -0.4 is 0 Å². The van der Waals surface area contributed by atoms with E-state index in [9.17, 15) is 21.6 Å². The first-order chi connectivity index (χ1) is 8.82. The summed E-state index contributed by atoms with van der Waals surface area (Å²) in [6.45, 7) is 0.868. The molecule has 1 aromatic rings. The van der Waals surface area contributed by atoms with Crippen molar-refractivity contribution < 1.29 is 21.6 Å². The first-order valence-electron chi connectivity index (χ1n) is 5.99. The molecule has 0 bridgehead atoms. The standard InChI is InChI=1S/C12H14F3NO2S/c13-12(14,15)10-4-6-11(7-5-10)19(17,18)16-8-2-1-3-9-16/h4-7H,1-3,8-9H2. The van der Waals surface area contributed by atoms with Crippen molar-refractivity contribution in [3.05, 3.63) is 29.8 Å². The monoisotopic (exact) mass is 293 g/mol. The molecule has 0 spiro atoms. The minimum Gasteiger partial charge on any atom is -0.207 e. The summed E-state index contributed by atoms with van der Waals surface area (Å²) in [6.07, 6.45) is -1.88. The van der Waals surface area contributed by atoms with Crippen LogP contribution in [0.5, 0.6) is 0 Å². The highest BCUT2D eigenvalue weighted by Crippen LogP contribution is 2.30. The highest BCUT2D eigenvalue weighted by Gasteiger charge is 2.31. The van der Waals surface area contributed by atoms with Gasteiger partial charge in [-0.1, -0.05) is 6.42 Å². The van der Waals surface area contributed by atoms with Gasteiger partial charge in [-0.3, -0.25) is 0 Å². The van der Waals surface area contributed by atoms with Crippen LogP contribution in [0.4, 0.5) is 13.2 Å². The number of piperidine rings is 1. The van der Waals surface area contributed by atoms with Crippen LogP contribution >= 0.6 is 0 Å². The lowest BCUT2D eigenvalue weighted by atomic mass is 10.2. The molecule has 0 radical (unpaired) electrons. The average Bonchev–Trinajstić information content (AvgIpc) is 2.39. The van der Waals surface area contributed by atoms with Crippen molar-refractivity contribution in [1.82, 2.24) is 4.31 Å². The fraction of sp³-hybridized carbons (Fsp3) is 0.500. The molecule has 0 unspecified atom stereocenters. The second kappa shape index (κ2) is 5.13. The van der Waals surface area contributed by atoms with Gasteiger partial charge in [0.2, 0.25) is 10.0 Å². The largest absolute Gasteiger partial charge is 0.416 e. The highest BCUT2D eigenvalue weighted by molar-refractivity contribution is 7.89. The Kier molecular flexibility index (Phi) is 3.87. The van der Waals surface area contributed by atoms with E-state index in [-0.39, 0.29) is 4.90 Å². The van der Waals surface area contributed by atoms with E-state index in [4.69, 9.17) is 0 Å². The summed E-state index contributed by atoms with van der Waals surface area (Å²) >= 11 is 0. The van der Waals surface area contributed by atoms with E-state index in [1.165, 1.54) is 4.31 Å². The predicted octanol–water partition coefficient (Wildman–Crippen LogP) is 2.88. The van der Waals surface area contributed by atoms with Gasteiger partial charge in [0, 0.05) is 13.1 Å². The molecule has 19 heavy (non-hydrogen) atoms. The zero-order valence-electron chi connectivity index (χ0n) is 10.2. The minimum absolute atomic E-state index is 0.0811. The summed E-state index contributed by atoms with van der Waals surface area (Å²) in [5, 5.41) is 0. The lowest BCUT2D eigenvalue weighted by Crippen LogP contribution is -2.35. The molecule has 0 amide bonds. The van der Waals surface area contributed by atoms with E-state index in [2.05, 4.69) is 0 Å². The SMILES string of the molecule is O=S(=O)(c1ccc(C(F)(F)F)cc1)N1CCCCC1. The summed E-state index contributed by atoms with van der Waals surface area (Å²) in [7, 11) is -3.66. The normalized spacial score (nSPS) is 18.5. The van der Waals surface area contributed by atoms with Crippen molar-refractivity contribution in [1.29, 1.82) is 0 Å². The molecule has 1 aliphatic rings. The highest BCUT2D eigenvalue weighted by atomic mass is 32.2. The first kappa shape index (κ1) is 14.3. The van der Waals surface area contributed by atoms with Crippen LogP contribution in [0.25, 0.3) is 0 Å². The minimum atomic E-state index is -4.45. The number of sulfonamides is 1. The fourth-order valence-electron chi connectivity index (χ4n) is 2.07. The van der Waals surface area contributed by atoms with Gasteiger partial charge in [-0.15, -0.1) is 0 Å². The molecule has 1 aromatic carbocycles. The Bertz CT molecular complexity index is 531. The summed E-state index contributed by atoms with van der Waals surface area (Å²) < 4.78 is 63.0. The number of halogens is 3. The Morgan fingerprint density at radius 2 is 1.47 bits per heavy atom. The van der Waals surface area contributed by atoms with E-state index in [0.717, 1.165) is 43.5 Å². The number of benzene rings is 1. The zero-order chi connectivity index (χ0) is 14.1. The summed E-state index contributed by atoms with van der Waals surface area (Å²) in [5.41, 5.74) is -0.843. The molecule has 0 N–H and O–H groups in total. The molecule has 0 atom stereocenters. The fourth-order valence-corrected chi connectivity index (χ4v) is 3.59. The Balaban J connectivity index is 2.26. The molecule has 1 saturated heterocycles. The molecule has 7 heteroatoms. The molecule has 1 heterocycles. The van der Waals surface area contributed by atoms with Crippen molar-refractivity contribution in [2.45, 2.75) is 30.3 Å². The summed E-state index contributed by atoms with van der Waals surface area (Å²) in [4.78, 5) is -0.0811. The third-order valence-electron chi connectivity index (χ3n) is 3.13. The van der Waals surface area contributed by atoms with Gasteiger partial charge in [0.1, 0.15) is 0 Å². The van der Waals surface area contributed by atoms with Crippen LogP contribution in [-0.2, 0) is 16.2 Å². The van der Waals surface area contributed by atoms with E-state index in [0.29, 0.717) is 13.1 Å². The van der Waals surface area contributed by atoms with Crippen molar-refractivity contribution >= 4 is 10.0 Å². The van der Waals surface area contributed by atoms with Crippen molar-refractivity contribution in [3.63, 3.8) is 0 Å². The zero-order valence-corrected chi connectivity index (χ0v) is 11.0. The van der Waals surface area contributed by atoms with E-state index in [1.807, 2.05) is 0 Å². The summed E-state index contributed by atoms with van der Waals surface area (Å²) in [6, 6.07) is 3.65. The van der Waals surface area contributed by atoms with Gasteiger partial charge in [-0.05, 0) is 37.1 Å². The molecule has 2 rings (SSSR count). The smallest absolute Gasteiger partial charge is 0.207 e. The second-order valence-electron chi connectivity index (χ2n) is 4.49. The van der Waals surface area contributed by atoms with Crippen LogP contribution in [0.2, 0.25) is 0 Å². The average molecular weight is 293 g/mol. The van der Waals surface area contributed by atoms with E-state index >= 15 is 0 Å². The number of rotatable bonds is 2. The second-order valence-corrected chi connectivity index (χ2v) is 6.42. The first-order valence-corrected chi connectivity index (χ1v) is 7.43. The quantitative estimate of drug-likeness (QED) is 0.841. The topological polar surface area (TPSA) is 37.4 Å². The maximum Gasteiger partial charge on any atom is 0.416 e. The number of alkyl halides is 3. The number of hydrogen-bond acceptors (Lipinski definition) is 2. The molecule has 3 nitrogen and oxygen atoms in total. The van der Waals surface area contributed by atoms with E-state index in [1.54, 1.807) is 0 Å². The Hall–Kier alpha value is -1.08. The van der Waals surface area contributed by atoms with Gasteiger partial charge >= 0.3 is 6.18 Å². The van der Waals surface area contributed by atoms with E-state index < -0.39 is 21.8 Å². The number of hydrogen-bond donors (Lipinski definition) is 0. The van der Waals surface area contributed by atoms with Crippen LogP contribution in [0.1, 0.15) is 24.8 Å². The lowest BCUT2D eigenvalue weighted by molar-refractivity contribution is -0.137. The molecular weight excluding hydrogens is 279 g/mol. The third kappa shape index (κ3) is 3.09. The Labute approximate surface area is 110 Å². The third-order valence-corrected chi connectivity index (χ3v) is 5.05. The van der Waals surface area contributed by atoms with Gasteiger partial charge in [-0.25, -0.2) is 8.42 Å². The predicted molar refractivity (Wildman–Crippen MR) is 64.1 cm³/mol.